The van der Waals surface area contributed by atoms with E-state index in [-0.39, 0.29) is 50.5 Å². The molecule has 0 fully saturated rings. The second-order valence-corrected chi connectivity index (χ2v) is 14.7. The maximum Gasteiger partial charge on any atom is 0.337 e. The summed E-state index contributed by atoms with van der Waals surface area (Å²) in [5.41, 5.74) is 3.89. The Labute approximate surface area is 385 Å². The van der Waals surface area contributed by atoms with Gasteiger partial charge in [-0.1, -0.05) is 139 Å². The van der Waals surface area contributed by atoms with Crippen molar-refractivity contribution in [2.45, 2.75) is 171 Å². The van der Waals surface area contributed by atoms with Crippen LogP contribution in [0.2, 0.25) is 0 Å². The molecule has 0 N–H and O–H groups in total. The van der Waals surface area contributed by atoms with Crippen molar-refractivity contribution >= 4 is 53.1 Å². The summed E-state index contributed by atoms with van der Waals surface area (Å²) >= 11 is 0. The van der Waals surface area contributed by atoms with Crippen molar-refractivity contribution in [2.24, 2.45) is 5.41 Å². The van der Waals surface area contributed by atoms with E-state index in [2.05, 4.69) is 38.8 Å². The van der Waals surface area contributed by atoms with Gasteiger partial charge in [-0.2, -0.15) is 0 Å². The maximum absolute atomic E-state index is 11.5. The fourth-order valence-corrected chi connectivity index (χ4v) is 4.05. The van der Waals surface area contributed by atoms with Gasteiger partial charge in [0.2, 0.25) is 0 Å². The molecule has 0 radical (unpaired) electrons. The SMILES string of the molecule is C.C.C=C(C)CC(=O)ON(C(C)=O)C(C)=O.C=C(C)c1ccc(OC(C)=O)cc1.CC.CC.CCC(C)(C)CC(=O)ON(C(C)=O)C(C)=O.CCC(C)(C)c1ccc(OC(C)=O)cc1. The highest BCUT2D eigenvalue weighted by Crippen LogP contribution is 2.28. The van der Waals surface area contributed by atoms with Crippen LogP contribution in [0.1, 0.15) is 176 Å². The number of benzene rings is 2. The lowest BCUT2D eigenvalue weighted by Gasteiger charge is -2.23. The molecule has 0 bridgehead atoms. The van der Waals surface area contributed by atoms with Gasteiger partial charge in [0.05, 0.1) is 12.8 Å². The summed E-state index contributed by atoms with van der Waals surface area (Å²) in [6.45, 7) is 38.6. The summed E-state index contributed by atoms with van der Waals surface area (Å²) in [7, 11) is 0. The molecule has 0 unspecified atom stereocenters. The van der Waals surface area contributed by atoms with Crippen LogP contribution in [0.5, 0.6) is 11.5 Å². The summed E-state index contributed by atoms with van der Waals surface area (Å²) in [5, 5.41) is 0.902. The number of allylic oxidation sites excluding steroid dienone is 1. The standard InChI is InChI=1S/C13H18O2.C11H19NO4.C11H12O2.C9H13NO4.2C2H6.2CH4/c1-5-13(3,4)11-6-8-12(9-7-11)15-10(2)14;1-6-11(4,5)7-10(15)16-12(8(2)13)9(3)14;1-8(2)10-4-6-11(7-5-10)13-9(3)12;1-6(2)5-9(13)14-10(7(3)11)8(4)12;2*1-2;;/h6-9H,5H2,1-4H3;6-7H2,1-5H3;4-7H,1H2,2-3H3;1,5H2,2-4H3;2*1-2H3;2*1H4. The first-order valence-electron chi connectivity index (χ1n) is 20.5. The highest BCUT2D eigenvalue weighted by atomic mass is 16.7. The third-order valence-corrected chi connectivity index (χ3v) is 7.95. The van der Waals surface area contributed by atoms with Crippen LogP contribution in [0, 0.1) is 5.41 Å². The van der Waals surface area contributed by atoms with Crippen molar-refractivity contribution in [2.75, 3.05) is 0 Å². The Bertz CT molecular complexity index is 1730. The van der Waals surface area contributed by atoms with Gasteiger partial charge in [0.15, 0.2) is 0 Å². The van der Waals surface area contributed by atoms with Gasteiger partial charge < -0.3 is 19.1 Å². The Balaban J connectivity index is -0.000000169. The highest BCUT2D eigenvalue weighted by Gasteiger charge is 2.25. The van der Waals surface area contributed by atoms with Crippen molar-refractivity contribution in [3.8, 4) is 11.5 Å². The molecule has 64 heavy (non-hydrogen) atoms. The molecule has 0 aliphatic heterocycles. The molecule has 2 aromatic carbocycles. The van der Waals surface area contributed by atoms with E-state index < -0.39 is 35.6 Å². The van der Waals surface area contributed by atoms with Gasteiger partial charge in [-0.15, -0.1) is 10.1 Å². The molecule has 0 atom stereocenters. The van der Waals surface area contributed by atoms with E-state index in [1.54, 1.807) is 19.1 Å². The zero-order valence-corrected chi connectivity index (χ0v) is 40.7. The van der Waals surface area contributed by atoms with Crippen molar-refractivity contribution in [3.63, 3.8) is 0 Å². The zero-order chi connectivity index (χ0) is 49.6. The zero-order valence-electron chi connectivity index (χ0n) is 40.7. The summed E-state index contributed by atoms with van der Waals surface area (Å²) in [5.74, 6) is -3.12. The van der Waals surface area contributed by atoms with Crippen LogP contribution >= 0.6 is 0 Å². The number of ether oxygens (including phenoxy) is 2. The third kappa shape index (κ3) is 33.7. The molecule has 14 nitrogen and oxygen atoms in total. The molecule has 0 aliphatic rings. The number of carbonyl (C=O) groups is 8. The fraction of sp³-hybridized carbons (Fsp3) is 0.520. The monoisotopic (exact) mass is 903 g/mol. The van der Waals surface area contributed by atoms with E-state index in [0.717, 1.165) is 37.8 Å². The predicted molar refractivity (Wildman–Crippen MR) is 256 cm³/mol. The summed E-state index contributed by atoms with van der Waals surface area (Å²) in [4.78, 5) is 96.7. The summed E-state index contributed by atoms with van der Waals surface area (Å²) in [6.07, 6.45) is 2.04. The van der Waals surface area contributed by atoms with Crippen molar-refractivity contribution < 1.29 is 57.5 Å². The number of amides is 4. The van der Waals surface area contributed by atoms with Crippen LogP contribution in [0.15, 0.2) is 67.3 Å². The predicted octanol–water partition coefficient (Wildman–Crippen LogP) is 11.7. The molecule has 0 spiro atoms. The lowest BCUT2D eigenvalue weighted by molar-refractivity contribution is -0.202. The van der Waals surface area contributed by atoms with Gasteiger partial charge >= 0.3 is 23.9 Å². The number of imide groups is 2. The average molecular weight is 903 g/mol. The molecule has 4 amide bonds. The minimum atomic E-state index is -0.678. The Morgan fingerprint density at radius 1 is 0.531 bits per heavy atom. The molecule has 0 aliphatic carbocycles. The number of carbonyl (C=O) groups excluding carboxylic acids is 8. The van der Waals surface area contributed by atoms with Crippen LogP contribution in [-0.4, -0.2) is 57.6 Å². The molecule has 14 heteroatoms. The normalized spacial score (nSPS) is 9.41. The van der Waals surface area contributed by atoms with Crippen molar-refractivity contribution in [1.29, 1.82) is 0 Å². The first kappa shape index (κ1) is 69.8. The van der Waals surface area contributed by atoms with E-state index >= 15 is 0 Å². The molecule has 0 aromatic heterocycles. The van der Waals surface area contributed by atoms with Crippen LogP contribution in [0.25, 0.3) is 5.57 Å². The first-order chi connectivity index (χ1) is 28.6. The number of esters is 2. The number of nitrogens with zero attached hydrogens (tertiary/aromatic N) is 2. The van der Waals surface area contributed by atoms with Gasteiger partial charge in [-0.3, -0.25) is 28.8 Å². The number of hydrogen-bond acceptors (Lipinski definition) is 12. The Morgan fingerprint density at radius 2 is 0.859 bits per heavy atom. The second kappa shape index (κ2) is 36.6. The Hall–Kier alpha value is -5.92. The quantitative estimate of drug-likeness (QED) is 0.0954. The Kier molecular flexibility index (Phi) is 39.8. The highest BCUT2D eigenvalue weighted by molar-refractivity contribution is 5.93. The largest absolute Gasteiger partial charge is 0.427 e. The molecule has 0 saturated heterocycles. The van der Waals surface area contributed by atoms with Gasteiger partial charge in [-0.05, 0) is 66.5 Å². The molecule has 2 rings (SSSR count). The minimum absolute atomic E-state index is 0. The topological polar surface area (TPSA) is 180 Å². The van der Waals surface area contributed by atoms with E-state index in [0.29, 0.717) is 27.2 Å². The molecule has 2 aromatic rings. The van der Waals surface area contributed by atoms with Crippen LogP contribution in [-0.2, 0) is 53.4 Å². The molecular formula is C50H82N2O12. The van der Waals surface area contributed by atoms with Gasteiger partial charge in [0.25, 0.3) is 23.6 Å². The van der Waals surface area contributed by atoms with E-state index in [1.165, 1.54) is 33.3 Å². The second-order valence-electron chi connectivity index (χ2n) is 14.7. The molecular weight excluding hydrogens is 821 g/mol. The van der Waals surface area contributed by atoms with Crippen LogP contribution in [0.4, 0.5) is 0 Å². The van der Waals surface area contributed by atoms with E-state index in [9.17, 15) is 38.4 Å². The summed E-state index contributed by atoms with van der Waals surface area (Å²) in [6, 6.07) is 15.0. The molecule has 0 saturated carbocycles. The van der Waals surface area contributed by atoms with Crippen molar-refractivity contribution in [3.05, 3.63) is 78.4 Å². The number of rotatable bonds is 10. The Morgan fingerprint density at radius 3 is 1.12 bits per heavy atom. The van der Waals surface area contributed by atoms with E-state index in [1.807, 2.05) is 91.8 Å². The smallest absolute Gasteiger partial charge is 0.337 e. The first-order valence-corrected chi connectivity index (χ1v) is 20.5. The molecule has 0 heterocycles. The van der Waals surface area contributed by atoms with Crippen LogP contribution < -0.4 is 9.47 Å². The number of hydrogen-bond donors (Lipinski definition) is 0. The maximum atomic E-state index is 11.5. The van der Waals surface area contributed by atoms with Crippen molar-refractivity contribution in [1.82, 2.24) is 10.1 Å². The number of hydroxylamine groups is 4. The van der Waals surface area contributed by atoms with E-state index in [4.69, 9.17) is 14.3 Å². The lowest BCUT2D eigenvalue weighted by atomic mass is 9.82. The minimum Gasteiger partial charge on any atom is -0.427 e. The van der Waals surface area contributed by atoms with Crippen LogP contribution in [0.3, 0.4) is 0 Å². The van der Waals surface area contributed by atoms with Gasteiger partial charge in [0, 0.05) is 41.5 Å². The lowest BCUT2D eigenvalue weighted by Crippen LogP contribution is -2.36. The average Bonchev–Trinajstić information content (AvgIpc) is 3.17. The van der Waals surface area contributed by atoms with Gasteiger partial charge in [0.1, 0.15) is 11.5 Å². The molecule has 364 valence electrons. The summed E-state index contributed by atoms with van der Waals surface area (Å²) < 4.78 is 9.86. The third-order valence-electron chi connectivity index (χ3n) is 7.95. The van der Waals surface area contributed by atoms with Gasteiger partial charge in [-0.25, -0.2) is 9.59 Å². The fourth-order valence-electron chi connectivity index (χ4n) is 4.05.